The number of aliphatic hydroxyl groups excluding tert-OH is 1. The van der Waals surface area contributed by atoms with Crippen molar-refractivity contribution in [2.24, 2.45) is 0 Å². The average Bonchev–Trinajstić information content (AvgIpc) is 2.50. The summed E-state index contributed by atoms with van der Waals surface area (Å²) in [4.78, 5) is 3.15. The molecule has 2 nitrogen and oxygen atoms in total. The van der Waals surface area contributed by atoms with Crippen LogP contribution in [0.5, 0.6) is 0 Å². The van der Waals surface area contributed by atoms with Crippen LogP contribution in [0, 0.1) is 0 Å². The fourth-order valence-corrected chi connectivity index (χ4v) is 1.13. The Kier molecular flexibility index (Phi) is 3.76. The third-order valence-electron chi connectivity index (χ3n) is 1.77. The molecule has 2 heteroatoms. The van der Waals surface area contributed by atoms with Crippen LogP contribution in [0.4, 0.5) is 0 Å². The van der Waals surface area contributed by atoms with Crippen molar-refractivity contribution in [2.75, 3.05) is 6.61 Å². The zero-order chi connectivity index (χ0) is 7.94. The highest BCUT2D eigenvalue weighted by Gasteiger charge is 1.91. The predicted molar refractivity (Wildman–Crippen MR) is 45.4 cm³/mol. The number of aliphatic hydroxyl groups is 1. The smallest absolute Gasteiger partial charge is 0.0431 e. The molecule has 1 aromatic heterocycles. The highest BCUT2D eigenvalue weighted by atomic mass is 16.2. The van der Waals surface area contributed by atoms with Gasteiger partial charge in [-0.15, -0.1) is 0 Å². The van der Waals surface area contributed by atoms with E-state index in [0.717, 1.165) is 19.3 Å². The molecule has 0 aliphatic rings. The molecule has 62 valence electrons. The maximum atomic E-state index is 8.52. The SMILES string of the molecule is OCCCCCc1ccc[nH]1. The lowest BCUT2D eigenvalue weighted by Gasteiger charge is -1.96. The molecular formula is C9H15NO. The van der Waals surface area contributed by atoms with Crippen LogP contribution in [0.15, 0.2) is 18.3 Å². The van der Waals surface area contributed by atoms with Gasteiger partial charge in [0.2, 0.25) is 0 Å². The number of H-pyrrole nitrogens is 1. The monoisotopic (exact) mass is 153 g/mol. The number of aromatic amines is 1. The molecule has 0 saturated carbocycles. The summed E-state index contributed by atoms with van der Waals surface area (Å²) in [6.45, 7) is 0.324. The molecule has 0 aliphatic heterocycles. The summed E-state index contributed by atoms with van der Waals surface area (Å²) in [6.07, 6.45) is 6.27. The Morgan fingerprint density at radius 2 is 2.18 bits per heavy atom. The van der Waals surface area contributed by atoms with Gasteiger partial charge in [-0.05, 0) is 31.4 Å². The molecule has 1 heterocycles. The Balaban J connectivity index is 2.04. The minimum Gasteiger partial charge on any atom is -0.396 e. The third-order valence-corrected chi connectivity index (χ3v) is 1.77. The van der Waals surface area contributed by atoms with Crippen LogP contribution in [0.2, 0.25) is 0 Å². The molecule has 0 aromatic carbocycles. The minimum absolute atomic E-state index is 0.324. The first-order valence-corrected chi connectivity index (χ1v) is 4.16. The first-order chi connectivity index (χ1) is 5.43. The van der Waals surface area contributed by atoms with Gasteiger partial charge in [0.15, 0.2) is 0 Å². The lowest BCUT2D eigenvalue weighted by atomic mass is 10.1. The summed E-state index contributed by atoms with van der Waals surface area (Å²) < 4.78 is 0. The van der Waals surface area contributed by atoms with Crippen molar-refractivity contribution >= 4 is 0 Å². The molecule has 1 aromatic rings. The molecule has 11 heavy (non-hydrogen) atoms. The van der Waals surface area contributed by atoms with Gasteiger partial charge in [-0.3, -0.25) is 0 Å². The van der Waals surface area contributed by atoms with Crippen LogP contribution in [0.3, 0.4) is 0 Å². The van der Waals surface area contributed by atoms with Crippen LogP contribution >= 0.6 is 0 Å². The zero-order valence-corrected chi connectivity index (χ0v) is 6.71. The van der Waals surface area contributed by atoms with Crippen LogP contribution < -0.4 is 0 Å². The van der Waals surface area contributed by atoms with E-state index in [-0.39, 0.29) is 0 Å². The quantitative estimate of drug-likeness (QED) is 0.621. The molecular weight excluding hydrogens is 138 g/mol. The molecule has 0 atom stereocenters. The molecule has 0 fully saturated rings. The van der Waals surface area contributed by atoms with E-state index in [1.54, 1.807) is 0 Å². The van der Waals surface area contributed by atoms with Crippen molar-refractivity contribution in [3.8, 4) is 0 Å². The zero-order valence-electron chi connectivity index (χ0n) is 6.71. The topological polar surface area (TPSA) is 36.0 Å². The Hall–Kier alpha value is -0.760. The van der Waals surface area contributed by atoms with Gasteiger partial charge < -0.3 is 10.1 Å². The van der Waals surface area contributed by atoms with Crippen molar-refractivity contribution in [1.82, 2.24) is 4.98 Å². The number of hydrogen-bond donors (Lipinski definition) is 2. The predicted octanol–water partition coefficient (Wildman–Crippen LogP) is 1.72. The Morgan fingerprint density at radius 3 is 2.82 bits per heavy atom. The molecule has 0 spiro atoms. The van der Waals surface area contributed by atoms with E-state index >= 15 is 0 Å². The molecule has 0 aliphatic carbocycles. The standard InChI is InChI=1S/C9H15NO/c11-8-3-1-2-5-9-6-4-7-10-9/h4,6-7,10-11H,1-3,5,8H2. The Labute approximate surface area is 67.3 Å². The van der Waals surface area contributed by atoms with Crippen LogP contribution in [0.1, 0.15) is 25.0 Å². The number of unbranched alkanes of at least 4 members (excludes halogenated alkanes) is 2. The first kappa shape index (κ1) is 8.34. The fourth-order valence-electron chi connectivity index (χ4n) is 1.13. The Morgan fingerprint density at radius 1 is 1.27 bits per heavy atom. The second kappa shape index (κ2) is 4.97. The molecule has 2 N–H and O–H groups in total. The number of rotatable bonds is 5. The molecule has 1 rings (SSSR count). The van der Waals surface area contributed by atoms with E-state index in [9.17, 15) is 0 Å². The largest absolute Gasteiger partial charge is 0.396 e. The van der Waals surface area contributed by atoms with Gasteiger partial charge in [-0.25, -0.2) is 0 Å². The molecule has 0 radical (unpaired) electrons. The van der Waals surface area contributed by atoms with Gasteiger partial charge in [-0.2, -0.15) is 0 Å². The first-order valence-electron chi connectivity index (χ1n) is 4.16. The van der Waals surface area contributed by atoms with E-state index in [1.807, 2.05) is 12.3 Å². The number of aromatic nitrogens is 1. The summed E-state index contributed by atoms with van der Waals surface area (Å²) >= 11 is 0. The maximum Gasteiger partial charge on any atom is 0.0431 e. The van der Waals surface area contributed by atoms with Crippen molar-refractivity contribution in [3.63, 3.8) is 0 Å². The second-order valence-corrected chi connectivity index (χ2v) is 2.73. The molecule has 0 saturated heterocycles. The van der Waals surface area contributed by atoms with Crippen molar-refractivity contribution in [3.05, 3.63) is 24.0 Å². The van der Waals surface area contributed by atoms with Crippen LogP contribution in [-0.2, 0) is 6.42 Å². The normalized spacial score (nSPS) is 10.3. The third kappa shape index (κ3) is 3.23. The lowest BCUT2D eigenvalue weighted by Crippen LogP contribution is -1.87. The van der Waals surface area contributed by atoms with E-state index in [4.69, 9.17) is 5.11 Å². The summed E-state index contributed by atoms with van der Waals surface area (Å²) in [5.74, 6) is 0. The summed E-state index contributed by atoms with van der Waals surface area (Å²) in [5.41, 5.74) is 1.29. The van der Waals surface area contributed by atoms with Gasteiger partial charge >= 0.3 is 0 Å². The van der Waals surface area contributed by atoms with Crippen molar-refractivity contribution in [1.29, 1.82) is 0 Å². The Bertz CT molecular complexity index is 170. The average molecular weight is 153 g/mol. The van der Waals surface area contributed by atoms with Gasteiger partial charge in [0.25, 0.3) is 0 Å². The second-order valence-electron chi connectivity index (χ2n) is 2.73. The van der Waals surface area contributed by atoms with Gasteiger partial charge in [0, 0.05) is 18.5 Å². The number of aryl methyl sites for hydroxylation is 1. The summed E-state index contributed by atoms with van der Waals surface area (Å²) in [5, 5.41) is 8.52. The highest BCUT2D eigenvalue weighted by molar-refractivity contribution is 5.03. The molecule has 0 unspecified atom stereocenters. The number of nitrogens with one attached hydrogen (secondary N) is 1. The molecule has 0 bridgehead atoms. The van der Waals surface area contributed by atoms with Crippen LogP contribution in [0.25, 0.3) is 0 Å². The van der Waals surface area contributed by atoms with Gasteiger partial charge in [0.1, 0.15) is 0 Å². The molecule has 0 amide bonds. The highest BCUT2D eigenvalue weighted by Crippen LogP contribution is 2.03. The maximum absolute atomic E-state index is 8.52. The van der Waals surface area contributed by atoms with Gasteiger partial charge in [-0.1, -0.05) is 6.42 Å². The summed E-state index contributed by atoms with van der Waals surface area (Å²) in [7, 11) is 0. The van der Waals surface area contributed by atoms with Crippen LogP contribution in [-0.4, -0.2) is 16.7 Å². The summed E-state index contributed by atoms with van der Waals surface area (Å²) in [6, 6.07) is 4.11. The lowest BCUT2D eigenvalue weighted by molar-refractivity contribution is 0.283. The van der Waals surface area contributed by atoms with Crippen molar-refractivity contribution < 1.29 is 5.11 Å². The van der Waals surface area contributed by atoms with E-state index in [0.29, 0.717) is 6.61 Å². The fraction of sp³-hybridized carbons (Fsp3) is 0.556. The van der Waals surface area contributed by atoms with E-state index in [2.05, 4.69) is 11.1 Å². The van der Waals surface area contributed by atoms with Gasteiger partial charge in [0.05, 0.1) is 0 Å². The van der Waals surface area contributed by atoms with E-state index < -0.39 is 0 Å². The van der Waals surface area contributed by atoms with E-state index in [1.165, 1.54) is 12.1 Å². The van der Waals surface area contributed by atoms with Crippen molar-refractivity contribution in [2.45, 2.75) is 25.7 Å². The number of hydrogen-bond acceptors (Lipinski definition) is 1. The minimum atomic E-state index is 0.324.